The van der Waals surface area contributed by atoms with E-state index in [1.165, 1.54) is 24.0 Å². The Morgan fingerprint density at radius 1 is 1.14 bits per heavy atom. The minimum atomic E-state index is -3.22. The molecule has 0 spiro atoms. The zero-order chi connectivity index (χ0) is 20.9. The Hall–Kier alpha value is -1.57. The first-order valence-corrected chi connectivity index (χ1v) is 12.6. The molecule has 1 fully saturated rings. The minimum absolute atomic E-state index is 0.612. The highest BCUT2D eigenvalue weighted by atomic mass is 79.9. The first-order valence-electron chi connectivity index (χ1n) is 9.94. The smallest absolute Gasteiger partial charge is 0.229 e. The van der Waals surface area contributed by atoms with E-state index in [0.29, 0.717) is 11.6 Å². The van der Waals surface area contributed by atoms with Gasteiger partial charge in [-0.15, -0.1) is 0 Å². The molecule has 2 aromatic carbocycles. The van der Waals surface area contributed by atoms with Gasteiger partial charge in [0.1, 0.15) is 5.75 Å². The van der Waals surface area contributed by atoms with Crippen molar-refractivity contribution < 1.29 is 13.2 Å². The number of hydrogen-bond donors (Lipinski definition) is 1. The number of benzene rings is 2. The van der Waals surface area contributed by atoms with Crippen molar-refractivity contribution in [1.29, 1.82) is 0 Å². The van der Waals surface area contributed by atoms with Gasteiger partial charge in [-0.2, -0.15) is 0 Å². The summed E-state index contributed by atoms with van der Waals surface area (Å²) >= 11 is 3.67. The van der Waals surface area contributed by atoms with Crippen LogP contribution in [0.3, 0.4) is 0 Å². The Bertz CT molecular complexity index is 908. The maximum Gasteiger partial charge on any atom is 0.229 e. The Morgan fingerprint density at radius 3 is 2.45 bits per heavy atom. The predicted octanol–water partition coefficient (Wildman–Crippen LogP) is 4.33. The normalized spacial score (nSPS) is 16.0. The summed E-state index contributed by atoms with van der Waals surface area (Å²) in [5.74, 6) is 1.62. The molecule has 5 nitrogen and oxygen atoms in total. The van der Waals surface area contributed by atoms with E-state index in [9.17, 15) is 8.42 Å². The summed E-state index contributed by atoms with van der Waals surface area (Å²) in [6.07, 6.45) is 5.64. The van der Waals surface area contributed by atoms with E-state index < -0.39 is 10.0 Å². The molecule has 29 heavy (non-hydrogen) atoms. The van der Waals surface area contributed by atoms with Crippen LogP contribution in [0.15, 0.2) is 46.9 Å². The third kappa shape index (κ3) is 7.01. The average Bonchev–Trinajstić information content (AvgIpc) is 2.69. The number of likely N-dealkylation sites (tertiary alicyclic amines) is 1. The lowest BCUT2D eigenvalue weighted by atomic mass is 9.90. The molecule has 2 aromatic rings. The van der Waals surface area contributed by atoms with Gasteiger partial charge in [-0.1, -0.05) is 28.1 Å². The van der Waals surface area contributed by atoms with Crippen molar-refractivity contribution in [2.45, 2.75) is 25.7 Å². The van der Waals surface area contributed by atoms with Crippen molar-refractivity contribution in [3.8, 4) is 5.75 Å². The molecule has 0 atom stereocenters. The lowest BCUT2D eigenvalue weighted by Gasteiger charge is -2.32. The van der Waals surface area contributed by atoms with E-state index >= 15 is 0 Å². The molecule has 0 aliphatic carbocycles. The number of anilines is 1. The second-order valence-corrected chi connectivity index (χ2v) is 10.4. The molecule has 3 rings (SSSR count). The van der Waals surface area contributed by atoms with Gasteiger partial charge < -0.3 is 9.64 Å². The SMILES string of the molecule is COc1ccc(Br)c(CC2CCN(CCc3ccc(NS(C)(=O)=O)cc3)CC2)c1. The third-order valence-electron chi connectivity index (χ3n) is 5.44. The summed E-state index contributed by atoms with van der Waals surface area (Å²) in [5.41, 5.74) is 3.16. The van der Waals surface area contributed by atoms with Crippen LogP contribution in [0.5, 0.6) is 5.75 Å². The van der Waals surface area contributed by atoms with Gasteiger partial charge in [0.05, 0.1) is 13.4 Å². The number of piperidine rings is 1. The fourth-order valence-electron chi connectivity index (χ4n) is 3.80. The van der Waals surface area contributed by atoms with Crippen molar-refractivity contribution in [2.24, 2.45) is 5.92 Å². The second kappa shape index (κ2) is 9.96. The third-order valence-corrected chi connectivity index (χ3v) is 6.82. The Labute approximate surface area is 182 Å². The highest BCUT2D eigenvalue weighted by molar-refractivity contribution is 9.10. The van der Waals surface area contributed by atoms with Gasteiger partial charge >= 0.3 is 0 Å². The molecule has 0 bridgehead atoms. The fraction of sp³-hybridized carbons (Fsp3) is 0.455. The summed E-state index contributed by atoms with van der Waals surface area (Å²) in [6, 6.07) is 13.9. The van der Waals surface area contributed by atoms with Crippen molar-refractivity contribution in [2.75, 3.05) is 37.7 Å². The molecular formula is C22H29BrN2O3S. The van der Waals surface area contributed by atoms with E-state index in [-0.39, 0.29) is 0 Å². The topological polar surface area (TPSA) is 58.6 Å². The van der Waals surface area contributed by atoms with Crippen LogP contribution in [0.1, 0.15) is 24.0 Å². The molecule has 1 saturated heterocycles. The zero-order valence-electron chi connectivity index (χ0n) is 17.0. The van der Waals surface area contributed by atoms with E-state index in [2.05, 4.69) is 37.7 Å². The lowest BCUT2D eigenvalue weighted by molar-refractivity contribution is 0.186. The van der Waals surface area contributed by atoms with Gasteiger partial charge in [0.2, 0.25) is 10.0 Å². The average molecular weight is 481 g/mol. The van der Waals surface area contributed by atoms with Crippen molar-refractivity contribution >= 4 is 31.6 Å². The standard InChI is InChI=1S/C22H29BrN2O3S/c1-28-21-7-8-22(23)19(16-21)15-18-10-13-25(14-11-18)12-9-17-3-5-20(6-4-17)24-29(2,26)27/h3-8,16,18,24H,9-15H2,1-2H3. The fourth-order valence-corrected chi connectivity index (χ4v) is 4.77. The maximum absolute atomic E-state index is 11.3. The molecular weight excluding hydrogens is 452 g/mol. The highest BCUT2D eigenvalue weighted by Gasteiger charge is 2.20. The Morgan fingerprint density at radius 2 is 1.83 bits per heavy atom. The number of hydrogen-bond acceptors (Lipinski definition) is 4. The quantitative estimate of drug-likeness (QED) is 0.610. The number of nitrogens with one attached hydrogen (secondary N) is 1. The molecule has 1 aliphatic heterocycles. The van der Waals surface area contributed by atoms with Gasteiger partial charge in [-0.05, 0) is 86.1 Å². The Balaban J connectivity index is 1.44. The lowest BCUT2D eigenvalue weighted by Crippen LogP contribution is -2.35. The van der Waals surface area contributed by atoms with Gasteiger partial charge in [-0.3, -0.25) is 4.72 Å². The molecule has 0 saturated carbocycles. The number of rotatable bonds is 8. The van der Waals surface area contributed by atoms with Gasteiger partial charge in [0.15, 0.2) is 0 Å². The van der Waals surface area contributed by atoms with Gasteiger partial charge in [0, 0.05) is 16.7 Å². The molecule has 7 heteroatoms. The van der Waals surface area contributed by atoms with Crippen molar-refractivity contribution in [3.63, 3.8) is 0 Å². The summed E-state index contributed by atoms with van der Waals surface area (Å²) in [6.45, 7) is 3.29. The van der Waals surface area contributed by atoms with E-state index in [1.807, 2.05) is 30.3 Å². The molecule has 1 N–H and O–H groups in total. The monoisotopic (exact) mass is 480 g/mol. The molecule has 0 aromatic heterocycles. The van der Waals surface area contributed by atoms with Crippen LogP contribution < -0.4 is 9.46 Å². The number of sulfonamides is 1. The largest absolute Gasteiger partial charge is 0.497 e. The van der Waals surface area contributed by atoms with Crippen LogP contribution in [0, 0.1) is 5.92 Å². The number of methoxy groups -OCH3 is 1. The predicted molar refractivity (Wildman–Crippen MR) is 122 cm³/mol. The van der Waals surface area contributed by atoms with Crippen LogP contribution in [0.25, 0.3) is 0 Å². The molecule has 0 amide bonds. The second-order valence-electron chi connectivity index (χ2n) is 7.77. The summed E-state index contributed by atoms with van der Waals surface area (Å²) in [7, 11) is -1.51. The molecule has 0 radical (unpaired) electrons. The molecule has 0 unspecified atom stereocenters. The summed E-state index contributed by atoms with van der Waals surface area (Å²) in [4.78, 5) is 2.53. The van der Waals surface area contributed by atoms with Gasteiger partial charge in [-0.25, -0.2) is 8.42 Å². The van der Waals surface area contributed by atoms with E-state index in [0.717, 1.165) is 49.0 Å². The van der Waals surface area contributed by atoms with Crippen LogP contribution in [-0.2, 0) is 22.9 Å². The van der Waals surface area contributed by atoms with Crippen molar-refractivity contribution in [3.05, 3.63) is 58.1 Å². The highest BCUT2D eigenvalue weighted by Crippen LogP contribution is 2.28. The van der Waals surface area contributed by atoms with E-state index in [1.54, 1.807) is 7.11 Å². The summed E-state index contributed by atoms with van der Waals surface area (Å²) < 4.78 is 31.6. The van der Waals surface area contributed by atoms with Crippen molar-refractivity contribution in [1.82, 2.24) is 4.90 Å². The first kappa shape index (κ1) is 22.1. The number of halogens is 1. The molecule has 158 valence electrons. The van der Waals surface area contributed by atoms with Crippen LogP contribution >= 0.6 is 15.9 Å². The zero-order valence-corrected chi connectivity index (χ0v) is 19.4. The number of ether oxygens (including phenoxy) is 1. The summed E-state index contributed by atoms with van der Waals surface area (Å²) in [5, 5.41) is 0. The molecule has 1 aliphatic rings. The van der Waals surface area contributed by atoms with Crippen LogP contribution in [0.4, 0.5) is 5.69 Å². The first-order chi connectivity index (χ1) is 13.8. The molecule has 1 heterocycles. The van der Waals surface area contributed by atoms with Crippen LogP contribution in [-0.4, -0.2) is 46.3 Å². The minimum Gasteiger partial charge on any atom is -0.497 e. The van der Waals surface area contributed by atoms with Gasteiger partial charge in [0.25, 0.3) is 0 Å². The van der Waals surface area contributed by atoms with E-state index in [4.69, 9.17) is 4.74 Å². The number of nitrogens with zero attached hydrogens (tertiary/aromatic N) is 1. The maximum atomic E-state index is 11.3. The van der Waals surface area contributed by atoms with Crippen LogP contribution in [0.2, 0.25) is 0 Å². The Kier molecular flexibility index (Phi) is 7.60.